The molecule has 0 heterocycles. The van der Waals surface area contributed by atoms with E-state index in [0.717, 1.165) is 6.42 Å². The van der Waals surface area contributed by atoms with Crippen LogP contribution in [0.4, 0.5) is 5.69 Å². The number of anilines is 1. The van der Waals surface area contributed by atoms with E-state index in [4.69, 9.17) is 0 Å². The second-order valence-corrected chi connectivity index (χ2v) is 4.16. The molecule has 0 aromatic heterocycles. The molecule has 1 N–H and O–H groups in total. The highest BCUT2D eigenvalue weighted by molar-refractivity contribution is 9.10. The number of benzene rings is 2. The maximum atomic E-state index is 3.31. The second-order valence-electron chi connectivity index (χ2n) is 3.76. The average molecular weight is 260 g/mol. The Labute approximate surface area is 97.5 Å². The molecule has 2 heteroatoms. The van der Waals surface area contributed by atoms with Crippen LogP contribution in [0.1, 0.15) is 11.1 Å². The van der Waals surface area contributed by atoms with E-state index in [2.05, 4.69) is 63.0 Å². The van der Waals surface area contributed by atoms with Gasteiger partial charge in [0.1, 0.15) is 0 Å². The summed E-state index contributed by atoms with van der Waals surface area (Å²) >= 11 is 3.31. The molecule has 0 saturated carbocycles. The average Bonchev–Trinajstić information content (AvgIpc) is 2.67. The maximum absolute atomic E-state index is 3.31. The van der Waals surface area contributed by atoms with Crippen molar-refractivity contribution >= 4 is 21.8 Å². The van der Waals surface area contributed by atoms with Gasteiger partial charge in [-0.15, -0.1) is 0 Å². The highest BCUT2D eigenvalue weighted by atomic mass is 79.9. The van der Waals surface area contributed by atoms with Gasteiger partial charge in [0.15, 0.2) is 0 Å². The van der Waals surface area contributed by atoms with Crippen molar-refractivity contribution in [2.45, 2.75) is 6.42 Å². The van der Waals surface area contributed by atoms with Crippen molar-refractivity contribution in [2.75, 3.05) is 4.34 Å². The van der Waals surface area contributed by atoms with Crippen LogP contribution in [-0.4, -0.2) is 0 Å². The van der Waals surface area contributed by atoms with Gasteiger partial charge in [0.25, 0.3) is 0 Å². The highest BCUT2D eigenvalue weighted by Crippen LogP contribution is 2.40. The lowest BCUT2D eigenvalue weighted by molar-refractivity contribution is 1.27. The number of nitrogens with one attached hydrogen (secondary N) is 1. The van der Waals surface area contributed by atoms with Crippen molar-refractivity contribution < 1.29 is 0 Å². The van der Waals surface area contributed by atoms with Crippen molar-refractivity contribution in [3.05, 3.63) is 53.6 Å². The normalized spacial score (nSPS) is 12.1. The lowest BCUT2D eigenvalue weighted by atomic mass is 10.1. The van der Waals surface area contributed by atoms with Gasteiger partial charge in [-0.1, -0.05) is 36.4 Å². The molecule has 0 fully saturated rings. The quantitative estimate of drug-likeness (QED) is 0.652. The lowest BCUT2D eigenvalue weighted by Crippen LogP contribution is -1.88. The molecule has 0 amide bonds. The molecule has 2 aromatic rings. The molecule has 0 saturated heterocycles. The monoisotopic (exact) mass is 259 g/mol. The first-order chi connectivity index (χ1) is 7.40. The van der Waals surface area contributed by atoms with Crippen LogP contribution in [0.2, 0.25) is 0 Å². The van der Waals surface area contributed by atoms with Gasteiger partial charge in [0.2, 0.25) is 0 Å². The highest BCUT2D eigenvalue weighted by Gasteiger charge is 2.19. The van der Waals surface area contributed by atoms with Gasteiger partial charge in [0, 0.05) is 28.3 Å². The van der Waals surface area contributed by atoms with Crippen LogP contribution in [0.5, 0.6) is 0 Å². The molecule has 3 rings (SSSR count). The number of hydrogen-bond donors (Lipinski definition) is 1. The van der Waals surface area contributed by atoms with Gasteiger partial charge in [-0.05, 0) is 28.3 Å². The predicted octanol–water partition coefficient (Wildman–Crippen LogP) is 3.98. The Bertz CT molecular complexity index is 520. The molecule has 2 aromatic carbocycles. The molecule has 0 spiro atoms. The Morgan fingerprint density at radius 1 is 0.933 bits per heavy atom. The van der Waals surface area contributed by atoms with Crippen molar-refractivity contribution in [1.29, 1.82) is 0 Å². The summed E-state index contributed by atoms with van der Waals surface area (Å²) in [5, 5.41) is 0. The molecule has 1 nitrogen and oxygen atoms in total. The number of halogens is 1. The Balaban J connectivity index is 2.26. The molecule has 0 aliphatic heterocycles. The van der Waals surface area contributed by atoms with Gasteiger partial charge in [-0.3, -0.25) is 0 Å². The summed E-state index contributed by atoms with van der Waals surface area (Å²) in [6.07, 6.45) is 1.03. The predicted molar refractivity (Wildman–Crippen MR) is 67.2 cm³/mol. The Kier molecular flexibility index (Phi) is 2.03. The Morgan fingerprint density at radius 2 is 1.73 bits per heavy atom. The van der Waals surface area contributed by atoms with Crippen molar-refractivity contribution in [1.82, 2.24) is 0 Å². The standard InChI is InChI=1S/C13H10BrN/c14-15-13-7-3-6-11-10-5-2-1-4-9(10)8-12(11)13/h1-7,15H,8H2. The first-order valence-electron chi connectivity index (χ1n) is 4.97. The fourth-order valence-corrected chi connectivity index (χ4v) is 2.62. The summed E-state index contributed by atoms with van der Waals surface area (Å²) in [7, 11) is 0. The minimum absolute atomic E-state index is 1.03. The van der Waals surface area contributed by atoms with Gasteiger partial charge in [-0.2, -0.15) is 0 Å². The molecular formula is C13H10BrN. The van der Waals surface area contributed by atoms with Crippen molar-refractivity contribution in [3.8, 4) is 11.1 Å². The van der Waals surface area contributed by atoms with Gasteiger partial charge >= 0.3 is 0 Å². The molecule has 0 radical (unpaired) electrons. The molecule has 0 bridgehead atoms. The number of hydrogen-bond acceptors (Lipinski definition) is 1. The molecule has 1 aliphatic rings. The summed E-state index contributed by atoms with van der Waals surface area (Å²) in [4.78, 5) is 0. The summed E-state index contributed by atoms with van der Waals surface area (Å²) < 4.78 is 3.07. The minimum atomic E-state index is 1.03. The van der Waals surface area contributed by atoms with Gasteiger partial charge in [0.05, 0.1) is 0 Å². The van der Waals surface area contributed by atoms with E-state index in [-0.39, 0.29) is 0 Å². The topological polar surface area (TPSA) is 12.0 Å². The smallest absolute Gasteiger partial charge is 0.0482 e. The number of fused-ring (bicyclic) bond motifs is 3. The van der Waals surface area contributed by atoms with Crippen LogP contribution in [-0.2, 0) is 6.42 Å². The van der Waals surface area contributed by atoms with Crippen molar-refractivity contribution in [3.63, 3.8) is 0 Å². The summed E-state index contributed by atoms with van der Waals surface area (Å²) in [5.74, 6) is 0. The lowest BCUT2D eigenvalue weighted by Gasteiger charge is -2.05. The van der Waals surface area contributed by atoms with E-state index < -0.39 is 0 Å². The first kappa shape index (κ1) is 8.98. The van der Waals surface area contributed by atoms with E-state index in [1.54, 1.807) is 0 Å². The second kappa shape index (κ2) is 3.38. The third-order valence-corrected chi connectivity index (χ3v) is 3.38. The molecule has 0 unspecified atom stereocenters. The molecule has 0 atom stereocenters. The summed E-state index contributed by atoms with van der Waals surface area (Å²) in [5.41, 5.74) is 6.70. The van der Waals surface area contributed by atoms with Crippen molar-refractivity contribution in [2.24, 2.45) is 0 Å². The van der Waals surface area contributed by atoms with Gasteiger partial charge in [-0.25, -0.2) is 0 Å². The Morgan fingerprint density at radius 3 is 2.60 bits per heavy atom. The van der Waals surface area contributed by atoms with Crippen LogP contribution >= 0.6 is 16.1 Å². The minimum Gasteiger partial charge on any atom is -0.322 e. The molecule has 15 heavy (non-hydrogen) atoms. The van der Waals surface area contributed by atoms with Crippen LogP contribution in [0.25, 0.3) is 11.1 Å². The Hall–Kier alpha value is -1.28. The molecule has 74 valence electrons. The fourth-order valence-electron chi connectivity index (χ4n) is 2.25. The molecular weight excluding hydrogens is 250 g/mol. The summed E-state index contributed by atoms with van der Waals surface area (Å²) in [6.45, 7) is 0. The van der Waals surface area contributed by atoms with Crippen LogP contribution in [0, 0.1) is 0 Å². The summed E-state index contributed by atoms with van der Waals surface area (Å²) in [6, 6.07) is 15.0. The van der Waals surface area contributed by atoms with Crippen LogP contribution < -0.4 is 4.34 Å². The maximum Gasteiger partial charge on any atom is 0.0482 e. The zero-order valence-corrected chi connectivity index (χ0v) is 9.71. The van der Waals surface area contributed by atoms with Crippen LogP contribution in [0.15, 0.2) is 42.5 Å². The molecule has 1 aliphatic carbocycles. The number of rotatable bonds is 1. The van der Waals surface area contributed by atoms with E-state index in [9.17, 15) is 0 Å². The van der Waals surface area contributed by atoms with Gasteiger partial charge < -0.3 is 4.34 Å². The fraction of sp³-hybridized carbons (Fsp3) is 0.0769. The van der Waals surface area contributed by atoms with E-state index >= 15 is 0 Å². The van der Waals surface area contributed by atoms with E-state index in [1.165, 1.54) is 27.9 Å². The third kappa shape index (κ3) is 1.29. The van der Waals surface area contributed by atoms with E-state index in [0.29, 0.717) is 0 Å². The first-order valence-corrected chi connectivity index (χ1v) is 5.76. The van der Waals surface area contributed by atoms with Crippen LogP contribution in [0.3, 0.4) is 0 Å². The third-order valence-electron chi connectivity index (χ3n) is 2.95. The zero-order valence-electron chi connectivity index (χ0n) is 8.13. The zero-order chi connectivity index (χ0) is 10.3. The SMILES string of the molecule is BrNc1cccc2c1Cc1ccccc1-2. The largest absolute Gasteiger partial charge is 0.322 e. The van der Waals surface area contributed by atoms with E-state index in [1.807, 2.05) is 0 Å².